The van der Waals surface area contributed by atoms with Crippen LogP contribution in [0.25, 0.3) is 12.2 Å². The molecule has 1 aromatic heterocycles. The number of anilines is 2. The van der Waals surface area contributed by atoms with Crippen molar-refractivity contribution in [3.63, 3.8) is 0 Å². The highest BCUT2D eigenvalue weighted by molar-refractivity contribution is 7.16. The molecule has 1 aliphatic rings. The molecule has 0 spiro atoms. The number of hydrogen-bond donors (Lipinski definition) is 3. The van der Waals surface area contributed by atoms with Crippen molar-refractivity contribution in [2.75, 3.05) is 5.32 Å². The maximum atomic E-state index is 10.7. The highest BCUT2D eigenvalue weighted by Crippen LogP contribution is 2.30. The molecule has 2 aromatic carbocycles. The van der Waals surface area contributed by atoms with Crippen LogP contribution in [-0.2, 0) is 11.2 Å². The Morgan fingerprint density at radius 3 is 2.78 bits per heavy atom. The topological polar surface area (TPSA) is 94.8 Å². The van der Waals surface area contributed by atoms with Crippen LogP contribution in [0.2, 0.25) is 0 Å². The molecule has 0 aliphatic carbocycles. The van der Waals surface area contributed by atoms with Crippen molar-refractivity contribution in [3.8, 4) is 5.88 Å². The van der Waals surface area contributed by atoms with Crippen LogP contribution >= 0.6 is 11.3 Å². The summed E-state index contributed by atoms with van der Waals surface area (Å²) < 4.78 is 0. The first-order valence-corrected chi connectivity index (χ1v) is 9.02. The van der Waals surface area contributed by atoms with Crippen LogP contribution in [0.15, 0.2) is 53.7 Å². The second-order valence-corrected chi connectivity index (χ2v) is 7.04. The van der Waals surface area contributed by atoms with Crippen LogP contribution in [0.4, 0.5) is 10.8 Å². The molecule has 0 fully saturated rings. The molecule has 0 bridgehead atoms. The lowest BCUT2D eigenvalue weighted by molar-refractivity contribution is -0.136. The van der Waals surface area contributed by atoms with Crippen molar-refractivity contribution in [1.82, 2.24) is 4.98 Å². The number of fused-ring (bicyclic) bond motifs is 1. The van der Waals surface area contributed by atoms with Crippen molar-refractivity contribution in [2.45, 2.75) is 6.42 Å². The molecular formula is C20H15N3O3S. The first-order chi connectivity index (χ1) is 13.1. The highest BCUT2D eigenvalue weighted by Gasteiger charge is 2.09. The van der Waals surface area contributed by atoms with Gasteiger partial charge in [0.2, 0.25) is 5.88 Å². The number of aromatic hydroxyl groups is 1. The number of aromatic nitrogens is 1. The highest BCUT2D eigenvalue weighted by atomic mass is 32.1. The molecule has 134 valence electrons. The third kappa shape index (κ3) is 3.88. The Balaban J connectivity index is 1.55. The predicted molar refractivity (Wildman–Crippen MR) is 105 cm³/mol. The largest absolute Gasteiger partial charge is 0.492 e. The van der Waals surface area contributed by atoms with Crippen LogP contribution in [0.5, 0.6) is 5.88 Å². The van der Waals surface area contributed by atoms with Gasteiger partial charge in [-0.2, -0.15) is 4.98 Å². The van der Waals surface area contributed by atoms with Crippen molar-refractivity contribution < 1.29 is 15.0 Å². The number of carboxylic acid groups (broad SMARTS) is 1. The van der Waals surface area contributed by atoms with Gasteiger partial charge in [-0.05, 0) is 47.2 Å². The monoisotopic (exact) mass is 377 g/mol. The van der Waals surface area contributed by atoms with E-state index in [1.807, 2.05) is 30.4 Å². The van der Waals surface area contributed by atoms with E-state index in [4.69, 9.17) is 5.11 Å². The number of hydrogen-bond acceptors (Lipinski definition) is 6. The number of carbonyl (C=O) groups is 1. The Kier molecular flexibility index (Phi) is 4.43. The van der Waals surface area contributed by atoms with Gasteiger partial charge >= 0.3 is 5.97 Å². The average molecular weight is 377 g/mol. The van der Waals surface area contributed by atoms with E-state index in [0.717, 1.165) is 27.4 Å². The summed E-state index contributed by atoms with van der Waals surface area (Å²) in [6.07, 6.45) is 5.57. The summed E-state index contributed by atoms with van der Waals surface area (Å²) in [6.45, 7) is 0. The zero-order valence-electron chi connectivity index (χ0n) is 14.1. The van der Waals surface area contributed by atoms with E-state index in [1.165, 1.54) is 11.3 Å². The average Bonchev–Trinajstić information content (AvgIpc) is 3.22. The van der Waals surface area contributed by atoms with E-state index >= 15 is 0 Å². The van der Waals surface area contributed by atoms with Crippen molar-refractivity contribution in [2.24, 2.45) is 4.99 Å². The first kappa shape index (κ1) is 17.0. The van der Waals surface area contributed by atoms with Crippen LogP contribution in [0, 0.1) is 0 Å². The van der Waals surface area contributed by atoms with Gasteiger partial charge in [-0.25, -0.2) is 0 Å². The number of rotatable bonds is 5. The fourth-order valence-corrected chi connectivity index (χ4v) is 3.58. The second kappa shape index (κ2) is 7.05. The van der Waals surface area contributed by atoms with Gasteiger partial charge in [0, 0.05) is 17.5 Å². The summed E-state index contributed by atoms with van der Waals surface area (Å²) in [5.41, 5.74) is 2.54. The molecule has 7 heteroatoms. The van der Waals surface area contributed by atoms with Crippen LogP contribution in [0.3, 0.4) is 0 Å². The molecule has 0 atom stereocenters. The second-order valence-electron chi connectivity index (χ2n) is 6.01. The third-order valence-electron chi connectivity index (χ3n) is 4.01. The lowest BCUT2D eigenvalue weighted by Gasteiger charge is -2.03. The Morgan fingerprint density at radius 1 is 1.19 bits per heavy atom. The number of benzene rings is 2. The lowest BCUT2D eigenvalue weighted by Crippen LogP contribution is -2.09. The number of nitrogens with one attached hydrogen (secondary N) is 1. The van der Waals surface area contributed by atoms with Gasteiger partial charge in [0.1, 0.15) is 0 Å². The van der Waals surface area contributed by atoms with Crippen LogP contribution in [-0.4, -0.2) is 21.2 Å². The van der Waals surface area contributed by atoms with Gasteiger partial charge in [0.25, 0.3) is 0 Å². The van der Waals surface area contributed by atoms with Crippen molar-refractivity contribution in [1.29, 1.82) is 0 Å². The Hall–Kier alpha value is -3.45. The summed E-state index contributed by atoms with van der Waals surface area (Å²) in [5.74, 6) is -0.901. The fourth-order valence-electron chi connectivity index (χ4n) is 2.74. The third-order valence-corrected chi connectivity index (χ3v) is 4.92. The summed E-state index contributed by atoms with van der Waals surface area (Å²) >= 11 is 1.33. The van der Waals surface area contributed by atoms with Gasteiger partial charge in [-0.3, -0.25) is 9.79 Å². The smallest absolute Gasteiger partial charge is 0.307 e. The Labute approximate surface area is 158 Å². The van der Waals surface area contributed by atoms with Gasteiger partial charge in [-0.1, -0.05) is 29.5 Å². The molecule has 27 heavy (non-hydrogen) atoms. The Bertz CT molecular complexity index is 1160. The normalized spacial score (nSPS) is 12.7. The van der Waals surface area contributed by atoms with Crippen LogP contribution in [0.1, 0.15) is 16.0 Å². The number of nitrogens with zero attached hydrogens (tertiary/aromatic N) is 2. The minimum atomic E-state index is -0.864. The van der Waals surface area contributed by atoms with Gasteiger partial charge < -0.3 is 15.5 Å². The number of aliphatic carboxylic acids is 1. The molecular weight excluding hydrogens is 362 g/mol. The molecule has 2 heterocycles. The molecule has 6 nitrogen and oxygen atoms in total. The van der Waals surface area contributed by atoms with E-state index < -0.39 is 5.97 Å². The standard InChI is InChI=1S/C20H15N3O3S/c24-18(25)11-12-1-4-15(5-2-12)22-20-23-19(26)17(27-20)10-13-3-6-16-14(9-13)7-8-21-16/h1-10,26H,11H2,(H,22,23)(H,24,25)/b13-10+. The van der Waals surface area contributed by atoms with Gasteiger partial charge in [0.15, 0.2) is 5.13 Å². The molecule has 0 amide bonds. The number of carboxylic acids is 1. The molecule has 3 aromatic rings. The fraction of sp³-hybridized carbons (Fsp3) is 0.0500. The molecule has 1 aliphatic heterocycles. The van der Waals surface area contributed by atoms with E-state index in [1.54, 1.807) is 30.5 Å². The lowest BCUT2D eigenvalue weighted by atomic mass is 10.1. The maximum absolute atomic E-state index is 10.7. The zero-order valence-corrected chi connectivity index (χ0v) is 14.9. The van der Waals surface area contributed by atoms with Gasteiger partial charge in [0.05, 0.1) is 16.7 Å². The molecule has 0 saturated heterocycles. The van der Waals surface area contributed by atoms with Gasteiger partial charge in [-0.15, -0.1) is 0 Å². The predicted octanol–water partition coefficient (Wildman–Crippen LogP) is 2.65. The summed E-state index contributed by atoms with van der Waals surface area (Å²) in [6, 6.07) is 13.0. The molecule has 0 radical (unpaired) electrons. The quantitative estimate of drug-likeness (QED) is 0.635. The molecule has 0 unspecified atom stereocenters. The maximum Gasteiger partial charge on any atom is 0.307 e. The van der Waals surface area contributed by atoms with E-state index in [2.05, 4.69) is 15.3 Å². The molecule has 0 saturated carbocycles. The summed E-state index contributed by atoms with van der Waals surface area (Å²) in [7, 11) is 0. The minimum absolute atomic E-state index is 0.0132. The zero-order chi connectivity index (χ0) is 18.8. The van der Waals surface area contributed by atoms with Crippen molar-refractivity contribution in [3.05, 3.63) is 75.2 Å². The molecule has 4 rings (SSSR count). The SMILES string of the molecule is O=C(O)Cc1ccc(Nc2nc(O)c(/C=c3\ccc4c(c3)C=CN=4)s2)cc1. The van der Waals surface area contributed by atoms with E-state index in [-0.39, 0.29) is 12.3 Å². The van der Waals surface area contributed by atoms with Crippen LogP contribution < -0.4 is 15.9 Å². The Morgan fingerprint density at radius 2 is 2.00 bits per heavy atom. The number of thiazole rings is 1. The summed E-state index contributed by atoms with van der Waals surface area (Å²) in [5, 5.41) is 24.5. The molecule has 3 N–H and O–H groups in total. The van der Waals surface area contributed by atoms with Crippen molar-refractivity contribution >= 4 is 40.3 Å². The first-order valence-electron chi connectivity index (χ1n) is 8.20. The van der Waals surface area contributed by atoms with E-state index in [9.17, 15) is 9.90 Å². The minimum Gasteiger partial charge on any atom is -0.492 e. The summed E-state index contributed by atoms with van der Waals surface area (Å²) in [4.78, 5) is 19.8. The van der Waals surface area contributed by atoms with E-state index in [0.29, 0.717) is 10.0 Å².